The van der Waals surface area contributed by atoms with Crippen LogP contribution in [0.1, 0.15) is 30.7 Å². The topological polar surface area (TPSA) is 33.1 Å². The molecule has 4 nitrogen and oxygen atoms in total. The smallest absolute Gasteiger partial charge is 0.0596 e. The van der Waals surface area contributed by atoms with Crippen LogP contribution in [0.3, 0.4) is 0 Å². The molecule has 0 saturated carbocycles. The van der Waals surface area contributed by atoms with Crippen molar-refractivity contribution in [3.63, 3.8) is 0 Å². The third kappa shape index (κ3) is 4.10. The van der Waals surface area contributed by atoms with E-state index in [2.05, 4.69) is 39.9 Å². The molecule has 0 radical (unpaired) electrons. The number of likely N-dealkylation sites (tertiary alicyclic amines) is 1. The lowest BCUT2D eigenvalue weighted by molar-refractivity contribution is 0.335. The molecule has 1 saturated heterocycles. The normalized spacial score (nSPS) is 16.6. The largest absolute Gasteiger partial charge is 0.315 e. The van der Waals surface area contributed by atoms with Crippen LogP contribution in [0.2, 0.25) is 0 Å². The van der Waals surface area contributed by atoms with E-state index in [0.717, 1.165) is 31.7 Å². The number of hydrogen-bond acceptors (Lipinski definition) is 3. The highest BCUT2D eigenvalue weighted by atomic mass is 15.3. The molecule has 1 aromatic heterocycles. The van der Waals surface area contributed by atoms with Gasteiger partial charge in [0.25, 0.3) is 0 Å². The molecule has 0 spiro atoms. The lowest BCUT2D eigenvalue weighted by Gasteiger charge is -2.14. The van der Waals surface area contributed by atoms with Crippen LogP contribution in [-0.2, 0) is 6.54 Å². The lowest BCUT2D eigenvalue weighted by atomic mass is 10.4. The summed E-state index contributed by atoms with van der Waals surface area (Å²) in [5.41, 5.74) is 2.39. The second-order valence-electron chi connectivity index (χ2n) is 5.30. The Morgan fingerprint density at radius 3 is 2.61 bits per heavy atom. The number of hydrogen-bond donors (Lipinski definition) is 1. The van der Waals surface area contributed by atoms with E-state index >= 15 is 0 Å². The fraction of sp³-hybridized carbons (Fsp3) is 0.786. The van der Waals surface area contributed by atoms with E-state index in [0.29, 0.717) is 0 Å². The van der Waals surface area contributed by atoms with E-state index in [4.69, 9.17) is 0 Å². The molecule has 1 aliphatic heterocycles. The number of rotatable bonds is 7. The summed E-state index contributed by atoms with van der Waals surface area (Å²) in [5, 5.41) is 8.00. The van der Waals surface area contributed by atoms with Gasteiger partial charge in [-0.2, -0.15) is 5.10 Å². The Morgan fingerprint density at radius 1 is 1.17 bits per heavy atom. The molecule has 0 bridgehead atoms. The van der Waals surface area contributed by atoms with Crippen molar-refractivity contribution in [1.29, 1.82) is 0 Å². The summed E-state index contributed by atoms with van der Waals surface area (Å²) in [6, 6.07) is 2.14. The number of nitrogens with zero attached hydrogens (tertiary/aromatic N) is 3. The Balaban J connectivity index is 1.52. The van der Waals surface area contributed by atoms with Gasteiger partial charge in [0.15, 0.2) is 0 Å². The Kier molecular flexibility index (Phi) is 5.20. The summed E-state index contributed by atoms with van der Waals surface area (Å²) in [5.74, 6) is 0. The molecule has 102 valence electrons. The summed E-state index contributed by atoms with van der Waals surface area (Å²) >= 11 is 0. The van der Waals surface area contributed by atoms with E-state index in [1.165, 1.54) is 38.2 Å². The zero-order chi connectivity index (χ0) is 12.8. The molecule has 2 heterocycles. The molecule has 18 heavy (non-hydrogen) atoms. The molecule has 0 aliphatic carbocycles. The first-order chi connectivity index (χ1) is 8.75. The van der Waals surface area contributed by atoms with Crippen LogP contribution in [0.15, 0.2) is 6.07 Å². The summed E-state index contributed by atoms with van der Waals surface area (Å²) < 4.78 is 2.11. The number of aromatic nitrogens is 2. The highest BCUT2D eigenvalue weighted by Gasteiger charge is 2.09. The van der Waals surface area contributed by atoms with Crippen LogP contribution in [0.4, 0.5) is 0 Å². The molecule has 0 aromatic carbocycles. The molecule has 1 aromatic rings. The van der Waals surface area contributed by atoms with Crippen molar-refractivity contribution in [1.82, 2.24) is 20.0 Å². The third-order valence-corrected chi connectivity index (χ3v) is 3.63. The van der Waals surface area contributed by atoms with Gasteiger partial charge in [-0.1, -0.05) is 0 Å². The fourth-order valence-corrected chi connectivity index (χ4v) is 2.62. The first-order valence-electron chi connectivity index (χ1n) is 7.20. The minimum Gasteiger partial charge on any atom is -0.315 e. The molecular formula is C14H26N4. The number of aryl methyl sites for hydroxylation is 3. The maximum atomic E-state index is 4.47. The second kappa shape index (κ2) is 6.90. The summed E-state index contributed by atoms with van der Waals surface area (Å²) in [6.45, 7) is 11.2. The van der Waals surface area contributed by atoms with E-state index < -0.39 is 0 Å². The molecule has 1 fully saturated rings. The minimum absolute atomic E-state index is 1.02. The van der Waals surface area contributed by atoms with Crippen molar-refractivity contribution < 1.29 is 0 Å². The van der Waals surface area contributed by atoms with E-state index in [1.807, 2.05) is 0 Å². The highest BCUT2D eigenvalue weighted by Crippen LogP contribution is 2.05. The van der Waals surface area contributed by atoms with E-state index in [9.17, 15) is 0 Å². The van der Waals surface area contributed by atoms with Crippen LogP contribution >= 0.6 is 0 Å². The first kappa shape index (κ1) is 13.6. The predicted octanol–water partition coefficient (Wildman–Crippen LogP) is 1.58. The van der Waals surface area contributed by atoms with Gasteiger partial charge in [-0.25, -0.2) is 0 Å². The highest BCUT2D eigenvalue weighted by molar-refractivity contribution is 5.06. The Hall–Kier alpha value is -0.870. The van der Waals surface area contributed by atoms with Gasteiger partial charge in [0.2, 0.25) is 0 Å². The third-order valence-electron chi connectivity index (χ3n) is 3.63. The second-order valence-corrected chi connectivity index (χ2v) is 5.30. The SMILES string of the molecule is Cc1cc(C)n(CCCNCCN2CCCC2)n1. The fourth-order valence-electron chi connectivity index (χ4n) is 2.62. The first-order valence-corrected chi connectivity index (χ1v) is 7.20. The van der Waals surface area contributed by atoms with E-state index in [1.54, 1.807) is 0 Å². The molecular weight excluding hydrogens is 224 g/mol. The van der Waals surface area contributed by atoms with Crippen LogP contribution in [0.5, 0.6) is 0 Å². The molecule has 0 amide bonds. The van der Waals surface area contributed by atoms with Crippen molar-refractivity contribution in [3.05, 3.63) is 17.5 Å². The van der Waals surface area contributed by atoms with Crippen LogP contribution in [0, 0.1) is 13.8 Å². The molecule has 4 heteroatoms. The summed E-state index contributed by atoms with van der Waals surface area (Å²) in [6.07, 6.45) is 3.93. The Morgan fingerprint density at radius 2 is 1.94 bits per heavy atom. The van der Waals surface area contributed by atoms with Crippen LogP contribution < -0.4 is 5.32 Å². The van der Waals surface area contributed by atoms with Crippen molar-refractivity contribution in [3.8, 4) is 0 Å². The predicted molar refractivity (Wildman–Crippen MR) is 74.9 cm³/mol. The van der Waals surface area contributed by atoms with Crippen molar-refractivity contribution >= 4 is 0 Å². The molecule has 1 N–H and O–H groups in total. The summed E-state index contributed by atoms with van der Waals surface area (Å²) in [7, 11) is 0. The minimum atomic E-state index is 1.02. The van der Waals surface area contributed by atoms with Crippen molar-refractivity contribution in [2.45, 2.75) is 39.7 Å². The maximum absolute atomic E-state index is 4.47. The quantitative estimate of drug-likeness (QED) is 0.746. The molecule has 0 unspecified atom stereocenters. The van der Waals surface area contributed by atoms with Crippen molar-refractivity contribution in [2.75, 3.05) is 32.7 Å². The summed E-state index contributed by atoms with van der Waals surface area (Å²) in [4.78, 5) is 2.55. The molecule has 0 atom stereocenters. The van der Waals surface area contributed by atoms with Gasteiger partial charge in [-0.3, -0.25) is 4.68 Å². The van der Waals surface area contributed by atoms with Gasteiger partial charge < -0.3 is 10.2 Å². The molecule has 2 rings (SSSR count). The van der Waals surface area contributed by atoms with Crippen molar-refractivity contribution in [2.24, 2.45) is 0 Å². The van der Waals surface area contributed by atoms with E-state index in [-0.39, 0.29) is 0 Å². The zero-order valence-corrected chi connectivity index (χ0v) is 11.8. The average Bonchev–Trinajstić information content (AvgIpc) is 2.94. The van der Waals surface area contributed by atoms with Gasteiger partial charge in [0.05, 0.1) is 5.69 Å². The lowest BCUT2D eigenvalue weighted by Crippen LogP contribution is -2.30. The average molecular weight is 250 g/mol. The van der Waals surface area contributed by atoms with Gasteiger partial charge >= 0.3 is 0 Å². The van der Waals surface area contributed by atoms with Gasteiger partial charge in [0.1, 0.15) is 0 Å². The van der Waals surface area contributed by atoms with Gasteiger partial charge in [0, 0.05) is 25.3 Å². The molecule has 1 aliphatic rings. The van der Waals surface area contributed by atoms with Crippen LogP contribution in [0.25, 0.3) is 0 Å². The standard InChI is InChI=1S/C14H26N4/c1-13-12-14(2)18(16-13)10-5-6-15-7-11-17-8-3-4-9-17/h12,15H,3-11H2,1-2H3. The van der Waals surface area contributed by atoms with Gasteiger partial charge in [-0.15, -0.1) is 0 Å². The van der Waals surface area contributed by atoms with Crippen LogP contribution in [-0.4, -0.2) is 47.4 Å². The number of nitrogens with one attached hydrogen (secondary N) is 1. The monoisotopic (exact) mass is 250 g/mol. The Bertz CT molecular complexity index is 353. The Labute approximate surface area is 110 Å². The maximum Gasteiger partial charge on any atom is 0.0596 e. The zero-order valence-electron chi connectivity index (χ0n) is 11.8. The van der Waals surface area contributed by atoms with Gasteiger partial charge in [-0.05, 0) is 58.8 Å².